The fraction of sp³-hybridized carbons (Fsp3) is 0.0909. The summed E-state index contributed by atoms with van der Waals surface area (Å²) in [7, 11) is 0. The van der Waals surface area contributed by atoms with Crippen LogP contribution < -0.4 is 10.4 Å². The van der Waals surface area contributed by atoms with Gasteiger partial charge in [-0.1, -0.05) is 0 Å². The third-order valence-electron chi connectivity index (χ3n) is 1.95. The first-order valence-electron chi connectivity index (χ1n) is 4.54. The second kappa shape index (κ2) is 4.06. The van der Waals surface area contributed by atoms with Gasteiger partial charge >= 0.3 is 11.6 Å². The van der Waals surface area contributed by atoms with E-state index in [-0.39, 0.29) is 0 Å². The summed E-state index contributed by atoms with van der Waals surface area (Å²) in [4.78, 5) is 21.2. The van der Waals surface area contributed by atoms with Gasteiger partial charge in [-0.05, 0) is 24.3 Å². The summed E-state index contributed by atoms with van der Waals surface area (Å²) in [5.74, 6) is -0.622. The van der Waals surface area contributed by atoms with E-state index >= 15 is 0 Å². The number of aliphatic carboxylic acids is 1. The van der Waals surface area contributed by atoms with E-state index < -0.39 is 18.2 Å². The van der Waals surface area contributed by atoms with Crippen LogP contribution in [0.4, 0.5) is 0 Å². The van der Waals surface area contributed by atoms with Crippen LogP contribution in [0.15, 0.2) is 39.5 Å². The van der Waals surface area contributed by atoms with Crippen molar-refractivity contribution >= 4 is 16.9 Å². The highest BCUT2D eigenvalue weighted by atomic mass is 16.5. The maximum absolute atomic E-state index is 10.9. The van der Waals surface area contributed by atoms with Crippen molar-refractivity contribution < 1.29 is 19.1 Å². The second-order valence-corrected chi connectivity index (χ2v) is 3.14. The molecule has 0 aliphatic heterocycles. The van der Waals surface area contributed by atoms with E-state index in [4.69, 9.17) is 14.3 Å². The standard InChI is InChI=1S/C11H8O5/c12-10(13)6-15-8-2-3-9-7(5-8)1-4-11(14)16-9/h1-5H,6H2,(H,12,13). The first-order valence-corrected chi connectivity index (χ1v) is 4.54. The van der Waals surface area contributed by atoms with Gasteiger partial charge in [-0.3, -0.25) is 0 Å². The molecule has 1 aromatic heterocycles. The zero-order valence-corrected chi connectivity index (χ0v) is 8.17. The van der Waals surface area contributed by atoms with E-state index in [0.717, 1.165) is 0 Å². The van der Waals surface area contributed by atoms with Gasteiger partial charge in [0.25, 0.3) is 0 Å². The molecule has 0 radical (unpaired) electrons. The lowest BCUT2D eigenvalue weighted by Gasteiger charge is -2.03. The van der Waals surface area contributed by atoms with Gasteiger partial charge in [-0.25, -0.2) is 9.59 Å². The van der Waals surface area contributed by atoms with Crippen molar-refractivity contribution in [3.8, 4) is 5.75 Å². The van der Waals surface area contributed by atoms with E-state index in [1.165, 1.54) is 6.07 Å². The third kappa shape index (κ3) is 2.20. The molecule has 1 heterocycles. The van der Waals surface area contributed by atoms with Crippen LogP contribution in [-0.2, 0) is 4.79 Å². The van der Waals surface area contributed by atoms with Crippen LogP contribution in [0, 0.1) is 0 Å². The van der Waals surface area contributed by atoms with Gasteiger partial charge in [0, 0.05) is 11.5 Å². The normalized spacial score (nSPS) is 10.2. The van der Waals surface area contributed by atoms with E-state index in [9.17, 15) is 9.59 Å². The van der Waals surface area contributed by atoms with Crippen LogP contribution in [0.1, 0.15) is 0 Å². The molecule has 1 aromatic carbocycles. The molecule has 5 heteroatoms. The zero-order chi connectivity index (χ0) is 11.5. The Bertz CT molecular complexity index is 584. The van der Waals surface area contributed by atoms with Crippen LogP contribution in [0.3, 0.4) is 0 Å². The fourth-order valence-corrected chi connectivity index (χ4v) is 1.28. The zero-order valence-electron chi connectivity index (χ0n) is 8.17. The molecule has 1 N–H and O–H groups in total. The SMILES string of the molecule is O=C(O)COc1ccc2oc(=O)ccc2c1. The van der Waals surface area contributed by atoms with Crippen LogP contribution in [-0.4, -0.2) is 17.7 Å². The summed E-state index contributed by atoms with van der Waals surface area (Å²) in [5, 5.41) is 9.12. The molecule has 16 heavy (non-hydrogen) atoms. The monoisotopic (exact) mass is 220 g/mol. The molecule has 82 valence electrons. The summed E-state index contributed by atoms with van der Waals surface area (Å²) >= 11 is 0. The number of fused-ring (bicyclic) bond motifs is 1. The molecule has 2 rings (SSSR count). The Morgan fingerprint density at radius 1 is 1.31 bits per heavy atom. The maximum atomic E-state index is 10.9. The van der Waals surface area contributed by atoms with Crippen LogP contribution in [0.25, 0.3) is 11.0 Å². The summed E-state index contributed by atoms with van der Waals surface area (Å²) in [6.45, 7) is -0.401. The molecule has 0 unspecified atom stereocenters. The minimum absolute atomic E-state index is 0.401. The molecule has 0 saturated heterocycles. The van der Waals surface area contributed by atoms with Gasteiger partial charge in [0.15, 0.2) is 6.61 Å². The Hall–Kier alpha value is -2.30. The number of ether oxygens (including phenoxy) is 1. The van der Waals surface area contributed by atoms with Gasteiger partial charge in [0.1, 0.15) is 11.3 Å². The number of hydrogen-bond donors (Lipinski definition) is 1. The number of rotatable bonds is 3. The summed E-state index contributed by atoms with van der Waals surface area (Å²) in [6, 6.07) is 7.61. The highest BCUT2D eigenvalue weighted by molar-refractivity contribution is 5.78. The van der Waals surface area contributed by atoms with Crippen molar-refractivity contribution in [2.75, 3.05) is 6.61 Å². The molecule has 2 aromatic rings. The quantitative estimate of drug-likeness (QED) is 0.788. The molecule has 0 aliphatic rings. The van der Waals surface area contributed by atoms with Crippen LogP contribution >= 0.6 is 0 Å². The van der Waals surface area contributed by atoms with Gasteiger partial charge in [-0.15, -0.1) is 0 Å². The minimum atomic E-state index is -1.04. The van der Waals surface area contributed by atoms with Crippen molar-refractivity contribution in [3.05, 3.63) is 40.8 Å². The lowest BCUT2D eigenvalue weighted by Crippen LogP contribution is -2.09. The smallest absolute Gasteiger partial charge is 0.341 e. The van der Waals surface area contributed by atoms with Crippen molar-refractivity contribution in [1.29, 1.82) is 0 Å². The Kier molecular flexibility index (Phi) is 2.59. The predicted octanol–water partition coefficient (Wildman–Crippen LogP) is 1.26. The van der Waals surface area contributed by atoms with Crippen LogP contribution in [0.2, 0.25) is 0 Å². The van der Waals surface area contributed by atoms with Crippen molar-refractivity contribution in [2.45, 2.75) is 0 Å². The van der Waals surface area contributed by atoms with Crippen LogP contribution in [0.5, 0.6) is 5.75 Å². The van der Waals surface area contributed by atoms with Crippen molar-refractivity contribution in [2.24, 2.45) is 0 Å². The lowest BCUT2D eigenvalue weighted by atomic mass is 10.2. The van der Waals surface area contributed by atoms with Crippen molar-refractivity contribution in [3.63, 3.8) is 0 Å². The number of carbonyl (C=O) groups is 1. The second-order valence-electron chi connectivity index (χ2n) is 3.14. The Morgan fingerprint density at radius 3 is 2.88 bits per heavy atom. The number of carboxylic acid groups (broad SMARTS) is 1. The molecule has 0 aliphatic carbocycles. The summed E-state index contributed by atoms with van der Waals surface area (Å²) < 4.78 is 9.90. The molecule has 0 fully saturated rings. The summed E-state index contributed by atoms with van der Waals surface area (Å²) in [6.07, 6.45) is 0. The topological polar surface area (TPSA) is 76.7 Å². The average molecular weight is 220 g/mol. The summed E-state index contributed by atoms with van der Waals surface area (Å²) in [5.41, 5.74) is 0.0156. The van der Waals surface area contributed by atoms with E-state index in [1.54, 1.807) is 24.3 Å². The average Bonchev–Trinajstić information content (AvgIpc) is 2.26. The molecule has 0 amide bonds. The molecular weight excluding hydrogens is 212 g/mol. The Labute approximate surface area is 89.9 Å². The van der Waals surface area contributed by atoms with Gasteiger partial charge < -0.3 is 14.3 Å². The van der Waals surface area contributed by atoms with Gasteiger partial charge in [-0.2, -0.15) is 0 Å². The highest BCUT2D eigenvalue weighted by Gasteiger charge is 2.02. The molecule has 5 nitrogen and oxygen atoms in total. The predicted molar refractivity (Wildman–Crippen MR) is 55.6 cm³/mol. The van der Waals surface area contributed by atoms with Crippen molar-refractivity contribution in [1.82, 2.24) is 0 Å². The lowest BCUT2D eigenvalue weighted by molar-refractivity contribution is -0.139. The first kappa shape index (κ1) is 10.2. The first-order chi connectivity index (χ1) is 7.65. The third-order valence-corrected chi connectivity index (χ3v) is 1.95. The highest BCUT2D eigenvalue weighted by Crippen LogP contribution is 2.19. The minimum Gasteiger partial charge on any atom is -0.482 e. The van der Waals surface area contributed by atoms with E-state index in [0.29, 0.717) is 16.7 Å². The molecule has 0 atom stereocenters. The Balaban J connectivity index is 2.33. The van der Waals surface area contributed by atoms with E-state index in [1.807, 2.05) is 0 Å². The molecule has 0 bridgehead atoms. The molecule has 0 saturated carbocycles. The number of carboxylic acids is 1. The Morgan fingerprint density at radius 2 is 2.12 bits per heavy atom. The number of hydrogen-bond acceptors (Lipinski definition) is 4. The largest absolute Gasteiger partial charge is 0.482 e. The maximum Gasteiger partial charge on any atom is 0.341 e. The fourth-order valence-electron chi connectivity index (χ4n) is 1.28. The number of benzene rings is 1. The molecule has 0 spiro atoms. The van der Waals surface area contributed by atoms with Gasteiger partial charge in [0.05, 0.1) is 0 Å². The van der Waals surface area contributed by atoms with Gasteiger partial charge in [0.2, 0.25) is 0 Å². The van der Waals surface area contributed by atoms with E-state index in [2.05, 4.69) is 0 Å². The molecular formula is C11H8O5.